The van der Waals surface area contributed by atoms with Gasteiger partial charge in [-0.05, 0) is 51.5 Å². The van der Waals surface area contributed by atoms with Crippen molar-refractivity contribution < 1.29 is 23.9 Å². The smallest absolute Gasteiger partial charge is 0.341 e. The van der Waals surface area contributed by atoms with E-state index in [0.29, 0.717) is 22.0 Å². The molecule has 3 aromatic rings. The second-order valence-electron chi connectivity index (χ2n) is 7.46. The number of nitrogens with one attached hydrogen (secondary N) is 1. The Bertz CT molecular complexity index is 1250. The van der Waals surface area contributed by atoms with E-state index in [4.69, 9.17) is 9.47 Å². The molecule has 2 amide bonds. The van der Waals surface area contributed by atoms with E-state index in [2.05, 4.69) is 10.3 Å². The summed E-state index contributed by atoms with van der Waals surface area (Å²) in [7, 11) is 0. The minimum absolute atomic E-state index is 0.152. The van der Waals surface area contributed by atoms with Crippen molar-refractivity contribution in [3.63, 3.8) is 0 Å². The highest BCUT2D eigenvalue weighted by Crippen LogP contribution is 2.37. The molecule has 1 N–H and O–H groups in total. The van der Waals surface area contributed by atoms with Crippen LogP contribution in [0.25, 0.3) is 11.3 Å². The average molecular weight is 486 g/mol. The Labute approximate surface area is 199 Å². The number of carbonyl (C=O) groups is 3. The van der Waals surface area contributed by atoms with Crippen LogP contribution in [0.15, 0.2) is 23.6 Å². The molecule has 0 fully saturated rings. The van der Waals surface area contributed by atoms with Crippen molar-refractivity contribution in [2.75, 3.05) is 30.0 Å². The van der Waals surface area contributed by atoms with Crippen molar-refractivity contribution in [2.45, 2.75) is 27.7 Å². The van der Waals surface area contributed by atoms with Crippen molar-refractivity contribution in [2.24, 2.45) is 0 Å². The van der Waals surface area contributed by atoms with Gasteiger partial charge < -0.3 is 14.8 Å². The van der Waals surface area contributed by atoms with E-state index in [1.54, 1.807) is 19.1 Å². The average Bonchev–Trinajstić information content (AvgIpc) is 3.33. The fraction of sp³-hybridized carbons (Fsp3) is 0.304. The molecular formula is C23H23N3O5S2. The largest absolute Gasteiger partial charge is 0.482 e. The molecule has 0 saturated carbocycles. The van der Waals surface area contributed by atoms with Gasteiger partial charge in [-0.3, -0.25) is 14.5 Å². The minimum atomic E-state index is -0.481. The molecule has 0 radical (unpaired) electrons. The third-order valence-corrected chi connectivity index (χ3v) is 7.13. The van der Waals surface area contributed by atoms with Gasteiger partial charge in [-0.2, -0.15) is 0 Å². The number of hydrogen-bond acceptors (Lipinski definition) is 8. The van der Waals surface area contributed by atoms with Crippen LogP contribution in [-0.2, 0) is 14.3 Å². The van der Waals surface area contributed by atoms with E-state index in [1.165, 1.54) is 27.6 Å². The summed E-state index contributed by atoms with van der Waals surface area (Å²) < 4.78 is 10.7. The number of fused-ring (bicyclic) bond motifs is 1. The van der Waals surface area contributed by atoms with Gasteiger partial charge >= 0.3 is 5.97 Å². The van der Waals surface area contributed by atoms with Gasteiger partial charge in [0.05, 0.1) is 28.6 Å². The topological polar surface area (TPSA) is 97.8 Å². The maximum atomic E-state index is 12.9. The second kappa shape index (κ2) is 9.32. The molecule has 2 aromatic heterocycles. The Hall–Kier alpha value is -3.24. The number of thiophene rings is 1. The molecule has 1 aromatic carbocycles. The number of thiazole rings is 1. The Morgan fingerprint density at radius 1 is 1.27 bits per heavy atom. The van der Waals surface area contributed by atoms with E-state index >= 15 is 0 Å². The molecule has 3 heterocycles. The van der Waals surface area contributed by atoms with Gasteiger partial charge in [-0.15, -0.1) is 22.7 Å². The third-order valence-electron chi connectivity index (χ3n) is 5.24. The monoisotopic (exact) mass is 485 g/mol. The predicted octanol–water partition coefficient (Wildman–Crippen LogP) is 4.34. The normalized spacial score (nSPS) is 12.8. The summed E-state index contributed by atoms with van der Waals surface area (Å²) >= 11 is 2.84. The van der Waals surface area contributed by atoms with Gasteiger partial charge in [-0.1, -0.05) is 0 Å². The first-order chi connectivity index (χ1) is 15.8. The van der Waals surface area contributed by atoms with Crippen LogP contribution in [0.2, 0.25) is 0 Å². The first-order valence-corrected chi connectivity index (χ1v) is 12.0. The lowest BCUT2D eigenvalue weighted by molar-refractivity contribution is -0.123. The molecule has 10 heteroatoms. The van der Waals surface area contributed by atoms with Crippen LogP contribution in [0.5, 0.6) is 5.75 Å². The van der Waals surface area contributed by atoms with Gasteiger partial charge in [0, 0.05) is 15.8 Å². The molecule has 172 valence electrons. The van der Waals surface area contributed by atoms with Gasteiger partial charge in [0.2, 0.25) is 5.91 Å². The molecular weight excluding hydrogens is 462 g/mol. The molecule has 0 spiro atoms. The van der Waals surface area contributed by atoms with Gasteiger partial charge in [0.15, 0.2) is 6.61 Å². The Morgan fingerprint density at radius 3 is 2.76 bits per heavy atom. The number of anilines is 2. The number of hydrogen-bond donors (Lipinski definition) is 1. The number of rotatable bonds is 6. The van der Waals surface area contributed by atoms with Crippen LogP contribution in [0.3, 0.4) is 0 Å². The Morgan fingerprint density at radius 2 is 2.06 bits per heavy atom. The van der Waals surface area contributed by atoms with Gasteiger partial charge in [0.25, 0.3) is 5.91 Å². The Kier molecular flexibility index (Phi) is 6.48. The number of aryl methyl sites for hydroxylation is 2. The maximum absolute atomic E-state index is 12.9. The number of ether oxygens (including phenoxy) is 2. The maximum Gasteiger partial charge on any atom is 0.341 e. The number of nitrogens with zero attached hydrogens (tertiary/aromatic N) is 2. The van der Waals surface area contributed by atoms with E-state index in [9.17, 15) is 14.4 Å². The highest BCUT2D eigenvalue weighted by Gasteiger charge is 2.29. The van der Waals surface area contributed by atoms with Crippen molar-refractivity contribution in [1.82, 2.24) is 4.98 Å². The molecule has 1 aliphatic rings. The highest BCUT2D eigenvalue weighted by atomic mass is 32.1. The quantitative estimate of drug-likeness (QED) is 0.522. The van der Waals surface area contributed by atoms with Crippen LogP contribution < -0.4 is 15.0 Å². The molecule has 4 rings (SSSR count). The van der Waals surface area contributed by atoms with E-state index in [0.717, 1.165) is 26.7 Å². The second-order valence-corrected chi connectivity index (χ2v) is 9.75. The highest BCUT2D eigenvalue weighted by molar-refractivity contribution is 7.16. The first kappa shape index (κ1) is 22.9. The first-order valence-electron chi connectivity index (χ1n) is 10.3. The zero-order valence-corrected chi connectivity index (χ0v) is 20.3. The summed E-state index contributed by atoms with van der Waals surface area (Å²) in [6.07, 6.45) is 0. The number of esters is 1. The number of amides is 2. The number of benzene rings is 1. The van der Waals surface area contributed by atoms with Crippen LogP contribution in [0.1, 0.15) is 32.7 Å². The van der Waals surface area contributed by atoms with Crippen LogP contribution in [0.4, 0.5) is 10.7 Å². The van der Waals surface area contributed by atoms with Gasteiger partial charge in [-0.25, -0.2) is 9.78 Å². The standard InChI is InChI=1S/C23H23N3O5S2/c1-5-30-23(29)21-12(2)13(3)33-22(21)25-19(27)9-26-17-8-15(16-11-32-14(4)24-16)6-7-18(17)31-10-20(26)28/h6-8,11H,5,9-10H2,1-4H3,(H,25,27). The molecule has 0 atom stereocenters. The number of aromatic nitrogens is 1. The zero-order chi connectivity index (χ0) is 23.7. The lowest BCUT2D eigenvalue weighted by Gasteiger charge is -2.29. The van der Waals surface area contributed by atoms with Gasteiger partial charge in [0.1, 0.15) is 17.3 Å². The van der Waals surface area contributed by atoms with E-state index in [-0.39, 0.29) is 25.7 Å². The zero-order valence-electron chi connectivity index (χ0n) is 18.7. The summed E-state index contributed by atoms with van der Waals surface area (Å²) in [6, 6.07) is 5.46. The lowest BCUT2D eigenvalue weighted by atomic mass is 10.1. The summed E-state index contributed by atoms with van der Waals surface area (Å²) in [5, 5.41) is 6.09. The molecule has 1 aliphatic heterocycles. The Balaban J connectivity index is 1.59. The molecule has 0 aliphatic carbocycles. The fourth-order valence-electron chi connectivity index (χ4n) is 3.50. The van der Waals surface area contributed by atoms with Crippen molar-refractivity contribution in [1.29, 1.82) is 0 Å². The summed E-state index contributed by atoms with van der Waals surface area (Å²) in [6.45, 7) is 7.22. The van der Waals surface area contributed by atoms with Crippen molar-refractivity contribution in [3.8, 4) is 17.0 Å². The molecule has 0 unspecified atom stereocenters. The summed E-state index contributed by atoms with van der Waals surface area (Å²) in [5.41, 5.74) is 3.25. The molecule has 0 bridgehead atoms. The third kappa shape index (κ3) is 4.62. The predicted molar refractivity (Wildman–Crippen MR) is 129 cm³/mol. The molecule has 0 saturated heterocycles. The van der Waals surface area contributed by atoms with Crippen LogP contribution in [-0.4, -0.2) is 42.5 Å². The fourth-order valence-corrected chi connectivity index (χ4v) is 5.19. The van der Waals surface area contributed by atoms with Crippen LogP contribution >= 0.6 is 22.7 Å². The molecule has 33 heavy (non-hydrogen) atoms. The van der Waals surface area contributed by atoms with E-state index < -0.39 is 11.9 Å². The minimum Gasteiger partial charge on any atom is -0.482 e. The lowest BCUT2D eigenvalue weighted by Crippen LogP contribution is -2.43. The van der Waals surface area contributed by atoms with Crippen LogP contribution in [0, 0.1) is 20.8 Å². The SMILES string of the molecule is CCOC(=O)c1c(NC(=O)CN2C(=O)COc3ccc(-c4csc(C)n4)cc32)sc(C)c1C. The number of carbonyl (C=O) groups excluding carboxylic acids is 3. The van der Waals surface area contributed by atoms with Crippen molar-refractivity contribution in [3.05, 3.63) is 44.6 Å². The molecule has 8 nitrogen and oxygen atoms in total. The van der Waals surface area contributed by atoms with Crippen molar-refractivity contribution >= 4 is 51.1 Å². The summed E-state index contributed by atoms with van der Waals surface area (Å²) in [5.74, 6) is -0.704. The summed E-state index contributed by atoms with van der Waals surface area (Å²) in [4.78, 5) is 44.8. The van der Waals surface area contributed by atoms with E-state index in [1.807, 2.05) is 32.2 Å².